The summed E-state index contributed by atoms with van der Waals surface area (Å²) in [6, 6.07) is 0.264. The molecular formula is C14H24F2N2O2. The zero-order valence-electron chi connectivity index (χ0n) is 11.9. The van der Waals surface area contributed by atoms with Crippen LogP contribution >= 0.6 is 0 Å². The van der Waals surface area contributed by atoms with Gasteiger partial charge in [-0.2, -0.15) is 0 Å². The standard InChI is InChI=1S/C14H24F2N2O2/c1-2-12(9-3-4-9)18-7-10(14(19)20)5-11(8-18)17-6-13(15)16/h9-13,17H,2-8H2,1H3,(H,19,20). The van der Waals surface area contributed by atoms with Crippen molar-refractivity contribution in [3.63, 3.8) is 0 Å². The second kappa shape index (κ2) is 6.80. The van der Waals surface area contributed by atoms with E-state index in [0.29, 0.717) is 31.5 Å². The number of rotatable bonds is 7. The van der Waals surface area contributed by atoms with Crippen LogP contribution in [0.4, 0.5) is 8.78 Å². The summed E-state index contributed by atoms with van der Waals surface area (Å²) >= 11 is 0. The Balaban J connectivity index is 1.97. The summed E-state index contributed by atoms with van der Waals surface area (Å²) in [5, 5.41) is 12.1. The van der Waals surface area contributed by atoms with Gasteiger partial charge in [-0.25, -0.2) is 8.78 Å². The molecule has 2 fully saturated rings. The maximum absolute atomic E-state index is 12.3. The highest BCUT2D eigenvalue weighted by atomic mass is 19.3. The molecule has 0 spiro atoms. The molecule has 3 unspecified atom stereocenters. The van der Waals surface area contributed by atoms with Gasteiger partial charge in [0.05, 0.1) is 12.5 Å². The molecule has 6 heteroatoms. The third kappa shape index (κ3) is 4.12. The van der Waals surface area contributed by atoms with Gasteiger partial charge in [0.1, 0.15) is 0 Å². The SMILES string of the molecule is CCC(C1CC1)N1CC(NCC(F)F)CC(C(=O)O)C1. The average Bonchev–Trinajstić information content (AvgIpc) is 3.21. The monoisotopic (exact) mass is 290 g/mol. The van der Waals surface area contributed by atoms with E-state index in [4.69, 9.17) is 0 Å². The van der Waals surface area contributed by atoms with Gasteiger partial charge in [-0.1, -0.05) is 6.92 Å². The number of likely N-dealkylation sites (tertiary alicyclic amines) is 1. The van der Waals surface area contributed by atoms with Crippen LogP contribution in [0.15, 0.2) is 0 Å². The van der Waals surface area contributed by atoms with Crippen LogP contribution in [0, 0.1) is 11.8 Å². The Labute approximate surface area is 118 Å². The predicted octanol–water partition coefficient (Wildman–Crippen LogP) is 1.80. The van der Waals surface area contributed by atoms with E-state index in [9.17, 15) is 18.7 Å². The van der Waals surface area contributed by atoms with Crippen molar-refractivity contribution in [2.45, 2.75) is 51.1 Å². The number of nitrogens with zero attached hydrogens (tertiary/aromatic N) is 1. The molecule has 2 aliphatic rings. The molecule has 0 radical (unpaired) electrons. The second-order valence-electron chi connectivity index (χ2n) is 6.03. The van der Waals surface area contributed by atoms with E-state index < -0.39 is 18.3 Å². The van der Waals surface area contributed by atoms with Gasteiger partial charge in [0.25, 0.3) is 6.43 Å². The van der Waals surface area contributed by atoms with Crippen molar-refractivity contribution in [3.8, 4) is 0 Å². The Hall–Kier alpha value is -0.750. The molecule has 1 aliphatic heterocycles. The van der Waals surface area contributed by atoms with Gasteiger partial charge < -0.3 is 10.4 Å². The van der Waals surface area contributed by atoms with Crippen molar-refractivity contribution in [1.29, 1.82) is 0 Å². The Bertz CT molecular complexity index is 337. The fraction of sp³-hybridized carbons (Fsp3) is 0.929. The largest absolute Gasteiger partial charge is 0.481 e. The minimum absolute atomic E-state index is 0.147. The van der Waals surface area contributed by atoms with Crippen LogP contribution in [0.2, 0.25) is 0 Å². The van der Waals surface area contributed by atoms with Crippen LogP contribution in [0.3, 0.4) is 0 Å². The maximum Gasteiger partial charge on any atom is 0.307 e. The Kier molecular flexibility index (Phi) is 5.32. The van der Waals surface area contributed by atoms with Gasteiger partial charge >= 0.3 is 5.97 Å². The molecule has 0 aromatic rings. The maximum atomic E-state index is 12.3. The Morgan fingerprint density at radius 3 is 2.60 bits per heavy atom. The second-order valence-corrected chi connectivity index (χ2v) is 6.03. The number of alkyl halides is 2. The van der Waals surface area contributed by atoms with E-state index in [-0.39, 0.29) is 12.6 Å². The minimum Gasteiger partial charge on any atom is -0.481 e. The lowest BCUT2D eigenvalue weighted by Crippen LogP contribution is -2.55. The lowest BCUT2D eigenvalue weighted by Gasteiger charge is -2.41. The number of carboxylic acid groups (broad SMARTS) is 1. The molecule has 1 saturated heterocycles. The summed E-state index contributed by atoms with van der Waals surface area (Å²) in [7, 11) is 0. The quantitative estimate of drug-likeness (QED) is 0.751. The lowest BCUT2D eigenvalue weighted by atomic mass is 9.91. The van der Waals surface area contributed by atoms with Gasteiger partial charge in [0.15, 0.2) is 0 Å². The number of halogens is 2. The Morgan fingerprint density at radius 1 is 1.40 bits per heavy atom. The summed E-state index contributed by atoms with van der Waals surface area (Å²) < 4.78 is 24.6. The van der Waals surface area contributed by atoms with Gasteiger partial charge in [-0.3, -0.25) is 9.69 Å². The van der Waals surface area contributed by atoms with Crippen LogP contribution in [0.25, 0.3) is 0 Å². The molecule has 0 bridgehead atoms. The van der Waals surface area contributed by atoms with E-state index in [0.717, 1.165) is 6.42 Å². The van der Waals surface area contributed by atoms with Gasteiger partial charge in [-0.05, 0) is 31.6 Å². The zero-order chi connectivity index (χ0) is 14.7. The summed E-state index contributed by atoms with van der Waals surface area (Å²) in [5.74, 6) is -0.598. The molecule has 2 rings (SSSR count). The highest BCUT2D eigenvalue weighted by molar-refractivity contribution is 5.70. The van der Waals surface area contributed by atoms with E-state index in [1.165, 1.54) is 12.8 Å². The number of carbonyl (C=O) groups is 1. The van der Waals surface area contributed by atoms with Crippen LogP contribution in [-0.4, -0.2) is 54.1 Å². The molecule has 2 N–H and O–H groups in total. The molecule has 116 valence electrons. The summed E-state index contributed by atoms with van der Waals surface area (Å²) in [5.41, 5.74) is 0. The van der Waals surface area contributed by atoms with Crippen LogP contribution in [0.5, 0.6) is 0 Å². The first-order valence-electron chi connectivity index (χ1n) is 7.49. The summed E-state index contributed by atoms with van der Waals surface area (Å²) in [6.07, 6.45) is 1.47. The minimum atomic E-state index is -2.39. The summed E-state index contributed by atoms with van der Waals surface area (Å²) in [6.45, 7) is 3.00. The van der Waals surface area contributed by atoms with Crippen LogP contribution in [0.1, 0.15) is 32.6 Å². The molecule has 0 aromatic carbocycles. The van der Waals surface area contributed by atoms with Crippen LogP contribution in [-0.2, 0) is 4.79 Å². The van der Waals surface area contributed by atoms with Crippen LogP contribution < -0.4 is 5.32 Å². The summed E-state index contributed by atoms with van der Waals surface area (Å²) in [4.78, 5) is 13.5. The predicted molar refractivity (Wildman–Crippen MR) is 71.9 cm³/mol. The van der Waals surface area contributed by atoms with E-state index >= 15 is 0 Å². The lowest BCUT2D eigenvalue weighted by molar-refractivity contribution is -0.144. The normalized spacial score (nSPS) is 29.6. The molecule has 0 amide bonds. The number of hydrogen-bond acceptors (Lipinski definition) is 3. The molecular weight excluding hydrogens is 266 g/mol. The first-order valence-corrected chi connectivity index (χ1v) is 7.49. The molecule has 4 nitrogen and oxygen atoms in total. The van der Waals surface area contributed by atoms with E-state index in [1.54, 1.807) is 0 Å². The van der Waals surface area contributed by atoms with E-state index in [1.807, 2.05) is 0 Å². The Morgan fingerprint density at radius 2 is 2.10 bits per heavy atom. The van der Waals surface area contributed by atoms with Crippen molar-refractivity contribution < 1.29 is 18.7 Å². The number of hydrogen-bond donors (Lipinski definition) is 2. The zero-order valence-corrected chi connectivity index (χ0v) is 11.9. The van der Waals surface area contributed by atoms with Gasteiger partial charge in [-0.15, -0.1) is 0 Å². The fourth-order valence-corrected chi connectivity index (χ4v) is 3.36. The molecule has 1 aliphatic carbocycles. The number of aliphatic carboxylic acids is 1. The molecule has 1 heterocycles. The van der Waals surface area contributed by atoms with Gasteiger partial charge in [0.2, 0.25) is 0 Å². The van der Waals surface area contributed by atoms with Crippen molar-refractivity contribution in [2.24, 2.45) is 11.8 Å². The third-order valence-corrected chi connectivity index (χ3v) is 4.44. The average molecular weight is 290 g/mol. The first-order chi connectivity index (χ1) is 9.51. The topological polar surface area (TPSA) is 52.6 Å². The number of nitrogens with one attached hydrogen (secondary N) is 1. The number of piperidine rings is 1. The first kappa shape index (κ1) is 15.6. The molecule has 3 atom stereocenters. The highest BCUT2D eigenvalue weighted by Gasteiger charge is 2.39. The molecule has 20 heavy (non-hydrogen) atoms. The fourth-order valence-electron chi connectivity index (χ4n) is 3.36. The smallest absolute Gasteiger partial charge is 0.307 e. The molecule has 1 saturated carbocycles. The third-order valence-electron chi connectivity index (χ3n) is 4.44. The molecule has 0 aromatic heterocycles. The van der Waals surface area contributed by atoms with Crippen molar-refractivity contribution >= 4 is 5.97 Å². The van der Waals surface area contributed by atoms with Crippen molar-refractivity contribution in [2.75, 3.05) is 19.6 Å². The van der Waals surface area contributed by atoms with Crippen molar-refractivity contribution in [1.82, 2.24) is 10.2 Å². The van der Waals surface area contributed by atoms with Gasteiger partial charge in [0, 0.05) is 25.2 Å². The highest BCUT2D eigenvalue weighted by Crippen LogP contribution is 2.38. The van der Waals surface area contributed by atoms with Crippen molar-refractivity contribution in [3.05, 3.63) is 0 Å². The van der Waals surface area contributed by atoms with E-state index in [2.05, 4.69) is 17.1 Å². The number of carboxylic acids is 1.